The summed E-state index contributed by atoms with van der Waals surface area (Å²) in [7, 11) is 0. The number of nitrogens with one attached hydrogen (secondary N) is 1. The van der Waals surface area contributed by atoms with Gasteiger partial charge >= 0.3 is 0 Å². The van der Waals surface area contributed by atoms with Crippen LogP contribution in [0.4, 0.5) is 0 Å². The number of morpholine rings is 1. The minimum Gasteiger partial charge on any atom is -0.379 e. The van der Waals surface area contributed by atoms with Crippen molar-refractivity contribution >= 4 is 42.3 Å². The van der Waals surface area contributed by atoms with Gasteiger partial charge in [-0.15, -0.1) is 24.8 Å². The molecule has 3 rings (SSSR count). The Morgan fingerprint density at radius 3 is 2.54 bits per heavy atom. The first kappa shape index (κ1) is 23.5. The number of hydrogen-bond acceptors (Lipinski definition) is 4. The molecule has 2 fully saturated rings. The summed E-state index contributed by atoms with van der Waals surface area (Å²) in [6.45, 7) is 3.66. The van der Waals surface area contributed by atoms with Gasteiger partial charge in [0.1, 0.15) is 0 Å². The van der Waals surface area contributed by atoms with Crippen molar-refractivity contribution < 1.29 is 9.53 Å². The van der Waals surface area contributed by atoms with Crippen molar-refractivity contribution in [3.05, 3.63) is 34.9 Å². The van der Waals surface area contributed by atoms with Gasteiger partial charge < -0.3 is 15.8 Å². The second-order valence-electron chi connectivity index (χ2n) is 6.79. The molecule has 1 aromatic rings. The molecule has 1 atom stereocenters. The molecule has 0 spiro atoms. The first-order chi connectivity index (χ1) is 11.6. The first-order valence-corrected chi connectivity index (χ1v) is 9.11. The third kappa shape index (κ3) is 5.72. The van der Waals surface area contributed by atoms with E-state index in [9.17, 15) is 4.79 Å². The van der Waals surface area contributed by atoms with Crippen molar-refractivity contribution in [1.82, 2.24) is 10.2 Å². The van der Waals surface area contributed by atoms with Crippen molar-refractivity contribution in [2.45, 2.75) is 37.3 Å². The van der Waals surface area contributed by atoms with E-state index >= 15 is 0 Å². The van der Waals surface area contributed by atoms with Crippen molar-refractivity contribution in [2.24, 2.45) is 5.73 Å². The Kier molecular flexibility index (Phi) is 9.65. The monoisotopic (exact) mass is 423 g/mol. The molecule has 0 bridgehead atoms. The Balaban J connectivity index is 0.00000169. The van der Waals surface area contributed by atoms with Crippen LogP contribution in [-0.2, 0) is 9.53 Å². The number of halogens is 3. The zero-order chi connectivity index (χ0) is 17.0. The lowest BCUT2D eigenvalue weighted by atomic mass is 9.97. The van der Waals surface area contributed by atoms with Crippen LogP contribution in [0.3, 0.4) is 0 Å². The summed E-state index contributed by atoms with van der Waals surface area (Å²) in [6, 6.07) is 7.94. The van der Waals surface area contributed by atoms with E-state index < -0.39 is 5.54 Å². The lowest BCUT2D eigenvalue weighted by Crippen LogP contribution is -2.54. The van der Waals surface area contributed by atoms with E-state index in [2.05, 4.69) is 16.3 Å². The van der Waals surface area contributed by atoms with Gasteiger partial charge in [-0.2, -0.15) is 0 Å². The van der Waals surface area contributed by atoms with Gasteiger partial charge in [-0.3, -0.25) is 9.69 Å². The van der Waals surface area contributed by atoms with Crippen molar-refractivity contribution in [2.75, 3.05) is 32.8 Å². The predicted molar refractivity (Wildman–Crippen MR) is 109 cm³/mol. The average molecular weight is 425 g/mol. The molecular weight excluding hydrogens is 397 g/mol. The van der Waals surface area contributed by atoms with Crippen LogP contribution in [0.25, 0.3) is 0 Å². The molecule has 1 aliphatic carbocycles. The fourth-order valence-corrected chi connectivity index (χ4v) is 3.86. The van der Waals surface area contributed by atoms with Crippen LogP contribution in [0.2, 0.25) is 5.02 Å². The van der Waals surface area contributed by atoms with Crippen LogP contribution in [0.1, 0.15) is 37.3 Å². The summed E-state index contributed by atoms with van der Waals surface area (Å²) < 4.78 is 5.46. The predicted octanol–water partition coefficient (Wildman–Crippen LogP) is 2.94. The maximum atomic E-state index is 12.5. The molecule has 2 aliphatic rings. The van der Waals surface area contributed by atoms with Gasteiger partial charge in [0.05, 0.1) is 24.8 Å². The Morgan fingerprint density at radius 2 is 1.92 bits per heavy atom. The van der Waals surface area contributed by atoms with E-state index in [1.165, 1.54) is 0 Å². The van der Waals surface area contributed by atoms with E-state index in [1.54, 1.807) is 0 Å². The van der Waals surface area contributed by atoms with Gasteiger partial charge in [-0.05, 0) is 30.5 Å². The molecule has 8 heteroatoms. The summed E-state index contributed by atoms with van der Waals surface area (Å²) in [4.78, 5) is 14.9. The molecule has 148 valence electrons. The zero-order valence-electron chi connectivity index (χ0n) is 14.8. The summed E-state index contributed by atoms with van der Waals surface area (Å²) in [5, 5.41) is 3.80. The minimum absolute atomic E-state index is 0. The van der Waals surface area contributed by atoms with Crippen LogP contribution in [-0.4, -0.2) is 49.2 Å². The van der Waals surface area contributed by atoms with Crippen LogP contribution in [0.5, 0.6) is 0 Å². The Bertz CT molecular complexity index is 577. The van der Waals surface area contributed by atoms with Crippen LogP contribution in [0, 0.1) is 0 Å². The molecule has 1 aliphatic heterocycles. The summed E-state index contributed by atoms with van der Waals surface area (Å²) >= 11 is 6.17. The highest BCUT2D eigenvalue weighted by Gasteiger charge is 2.37. The average Bonchev–Trinajstić information content (AvgIpc) is 3.04. The highest BCUT2D eigenvalue weighted by atomic mass is 35.5. The van der Waals surface area contributed by atoms with Crippen molar-refractivity contribution in [3.63, 3.8) is 0 Å². The van der Waals surface area contributed by atoms with Crippen LogP contribution in [0.15, 0.2) is 24.3 Å². The molecule has 3 N–H and O–H groups in total. The van der Waals surface area contributed by atoms with Gasteiger partial charge in [0.15, 0.2) is 0 Å². The highest BCUT2D eigenvalue weighted by molar-refractivity contribution is 6.30. The number of rotatable bonds is 5. The van der Waals surface area contributed by atoms with Gasteiger partial charge in [0.25, 0.3) is 0 Å². The number of ether oxygens (including phenoxy) is 1. The molecule has 5 nitrogen and oxygen atoms in total. The van der Waals surface area contributed by atoms with E-state index in [1.807, 2.05) is 18.2 Å². The molecule has 1 aromatic carbocycles. The minimum atomic E-state index is -0.691. The Morgan fingerprint density at radius 1 is 1.27 bits per heavy atom. The Labute approximate surface area is 172 Å². The molecule has 0 radical (unpaired) electrons. The normalized spacial score (nSPS) is 20.5. The largest absolute Gasteiger partial charge is 0.379 e. The molecule has 1 saturated carbocycles. The number of nitrogens with zero attached hydrogens (tertiary/aromatic N) is 1. The Hall–Kier alpha value is -0.560. The highest BCUT2D eigenvalue weighted by Crippen LogP contribution is 2.28. The van der Waals surface area contributed by atoms with Gasteiger partial charge in [0, 0.05) is 24.7 Å². The van der Waals surface area contributed by atoms with Crippen molar-refractivity contribution in [1.29, 1.82) is 0 Å². The lowest BCUT2D eigenvalue weighted by Gasteiger charge is -2.35. The maximum absolute atomic E-state index is 12.5. The molecule has 1 heterocycles. The summed E-state index contributed by atoms with van der Waals surface area (Å²) in [6.07, 6.45) is 3.62. The van der Waals surface area contributed by atoms with E-state index in [0.29, 0.717) is 24.8 Å². The number of hydrogen-bond donors (Lipinski definition) is 2. The summed E-state index contributed by atoms with van der Waals surface area (Å²) in [5.74, 6) is -0.0275. The molecule has 1 unspecified atom stereocenters. The van der Waals surface area contributed by atoms with E-state index in [-0.39, 0.29) is 36.8 Å². The van der Waals surface area contributed by atoms with Crippen molar-refractivity contribution in [3.8, 4) is 0 Å². The number of carbonyl (C=O) groups excluding carboxylic acids is 1. The van der Waals surface area contributed by atoms with Crippen LogP contribution < -0.4 is 11.1 Å². The zero-order valence-corrected chi connectivity index (χ0v) is 17.2. The number of benzene rings is 1. The third-order valence-corrected chi connectivity index (χ3v) is 5.36. The fourth-order valence-electron chi connectivity index (χ4n) is 3.66. The molecule has 26 heavy (non-hydrogen) atoms. The fraction of sp³-hybridized carbons (Fsp3) is 0.611. The standard InChI is InChI=1S/C18H26ClN3O2.2ClH/c19-15-5-3-4-14(12-15)16(22-8-10-24-11-9-22)13-21-17(23)18(20)6-1-2-7-18;;/h3-5,12,16H,1-2,6-11,13,20H2,(H,21,23);2*1H. The van der Waals surface area contributed by atoms with E-state index in [4.69, 9.17) is 22.1 Å². The maximum Gasteiger partial charge on any atom is 0.240 e. The van der Waals surface area contributed by atoms with Gasteiger partial charge in [0.2, 0.25) is 5.91 Å². The smallest absolute Gasteiger partial charge is 0.240 e. The lowest BCUT2D eigenvalue weighted by molar-refractivity contribution is -0.126. The van der Waals surface area contributed by atoms with Gasteiger partial charge in [-0.1, -0.05) is 36.6 Å². The second-order valence-corrected chi connectivity index (χ2v) is 7.23. The number of amides is 1. The second kappa shape index (κ2) is 10.7. The number of nitrogens with two attached hydrogens (primary N) is 1. The number of carbonyl (C=O) groups is 1. The first-order valence-electron chi connectivity index (χ1n) is 8.73. The SMILES string of the molecule is Cl.Cl.NC1(C(=O)NCC(c2cccc(Cl)c2)N2CCOCC2)CCCC1. The third-order valence-electron chi connectivity index (χ3n) is 5.12. The summed E-state index contributed by atoms with van der Waals surface area (Å²) in [5.41, 5.74) is 6.69. The molecule has 0 aromatic heterocycles. The quantitative estimate of drug-likeness (QED) is 0.762. The molecule has 1 saturated heterocycles. The van der Waals surface area contributed by atoms with Crippen LogP contribution >= 0.6 is 36.4 Å². The van der Waals surface area contributed by atoms with Gasteiger partial charge in [-0.25, -0.2) is 0 Å². The topological polar surface area (TPSA) is 67.6 Å². The molecule has 1 amide bonds. The van der Waals surface area contributed by atoms with E-state index in [0.717, 1.165) is 44.3 Å². The molecular formula is C18H28Cl3N3O2.